The third kappa shape index (κ3) is 5.35. The van der Waals surface area contributed by atoms with Crippen molar-refractivity contribution in [3.05, 3.63) is 33.8 Å². The van der Waals surface area contributed by atoms with E-state index >= 15 is 0 Å². The Morgan fingerprint density at radius 1 is 1.26 bits per heavy atom. The summed E-state index contributed by atoms with van der Waals surface area (Å²) in [6.07, 6.45) is 0. The number of carbonyl (C=O) groups excluding carboxylic acids is 1. The Hall–Kier alpha value is -0.810. The summed E-state index contributed by atoms with van der Waals surface area (Å²) in [5, 5.41) is 4.03. The molecule has 1 heterocycles. The third-order valence-corrected chi connectivity index (χ3v) is 4.82. The second-order valence-corrected chi connectivity index (χ2v) is 6.95. The van der Waals surface area contributed by atoms with Gasteiger partial charge in [0.1, 0.15) is 0 Å². The van der Waals surface area contributed by atoms with Crippen molar-refractivity contribution < 1.29 is 9.53 Å². The van der Waals surface area contributed by atoms with E-state index in [1.165, 1.54) is 0 Å². The summed E-state index contributed by atoms with van der Waals surface area (Å²) in [6.45, 7) is 8.96. The maximum atomic E-state index is 12.6. The summed E-state index contributed by atoms with van der Waals surface area (Å²) in [5.74, 6) is -0.0169. The highest BCUT2D eigenvalue weighted by atomic mass is 35.5. The van der Waals surface area contributed by atoms with Crippen LogP contribution in [0.25, 0.3) is 0 Å². The van der Waals surface area contributed by atoms with Crippen molar-refractivity contribution in [2.24, 2.45) is 5.92 Å². The van der Waals surface area contributed by atoms with E-state index in [1.54, 1.807) is 12.1 Å². The van der Waals surface area contributed by atoms with Gasteiger partial charge in [0.15, 0.2) is 0 Å². The number of morpholine rings is 1. The third-order valence-electron chi connectivity index (χ3n) is 4.08. The monoisotopic (exact) mass is 358 g/mol. The van der Waals surface area contributed by atoms with Crippen LogP contribution in [0.1, 0.15) is 25.3 Å². The molecule has 1 aliphatic rings. The lowest BCUT2D eigenvalue weighted by Gasteiger charge is -2.27. The Kier molecular flexibility index (Phi) is 7.15. The first-order valence-electron chi connectivity index (χ1n) is 8.02. The molecule has 128 valence electrons. The molecular weight excluding hydrogens is 335 g/mol. The van der Waals surface area contributed by atoms with Gasteiger partial charge in [-0.2, -0.15) is 0 Å². The lowest BCUT2D eigenvalue weighted by atomic mass is 9.87. The number of nitrogens with zero attached hydrogens (tertiary/aromatic N) is 1. The van der Waals surface area contributed by atoms with Crippen molar-refractivity contribution in [2.45, 2.75) is 19.8 Å². The number of rotatable bonds is 6. The first kappa shape index (κ1) is 18.5. The number of carbonyl (C=O) groups is 1. The second-order valence-electron chi connectivity index (χ2n) is 6.14. The summed E-state index contributed by atoms with van der Waals surface area (Å²) in [5.41, 5.74) is 0.901. The molecule has 1 aliphatic heterocycles. The predicted molar refractivity (Wildman–Crippen MR) is 94.3 cm³/mol. The molecule has 4 nitrogen and oxygen atoms in total. The van der Waals surface area contributed by atoms with Crippen LogP contribution < -0.4 is 5.32 Å². The van der Waals surface area contributed by atoms with Crippen molar-refractivity contribution >= 4 is 29.1 Å². The molecule has 6 heteroatoms. The van der Waals surface area contributed by atoms with E-state index in [4.69, 9.17) is 27.9 Å². The number of hydrogen-bond acceptors (Lipinski definition) is 3. The molecule has 23 heavy (non-hydrogen) atoms. The number of hydrogen-bond donors (Lipinski definition) is 1. The summed E-state index contributed by atoms with van der Waals surface area (Å²) < 4.78 is 5.32. The molecule has 0 spiro atoms. The first-order chi connectivity index (χ1) is 11.0. The fourth-order valence-corrected chi connectivity index (χ4v) is 3.12. The number of ether oxygens (including phenoxy) is 1. The zero-order valence-electron chi connectivity index (χ0n) is 13.6. The summed E-state index contributed by atoms with van der Waals surface area (Å²) >= 11 is 12.1. The van der Waals surface area contributed by atoms with E-state index < -0.39 is 0 Å². The van der Waals surface area contributed by atoms with Gasteiger partial charge in [0, 0.05) is 26.2 Å². The van der Waals surface area contributed by atoms with Crippen LogP contribution in [0.15, 0.2) is 18.2 Å². The van der Waals surface area contributed by atoms with E-state index in [1.807, 2.05) is 19.9 Å². The molecule has 1 amide bonds. The first-order valence-corrected chi connectivity index (χ1v) is 8.77. The summed E-state index contributed by atoms with van der Waals surface area (Å²) in [4.78, 5) is 14.9. The van der Waals surface area contributed by atoms with Crippen LogP contribution >= 0.6 is 23.2 Å². The van der Waals surface area contributed by atoms with E-state index in [9.17, 15) is 4.79 Å². The Morgan fingerprint density at radius 2 is 1.96 bits per heavy atom. The van der Waals surface area contributed by atoms with Crippen LogP contribution in [0.2, 0.25) is 10.0 Å². The van der Waals surface area contributed by atoms with Gasteiger partial charge in [-0.1, -0.05) is 43.1 Å². The van der Waals surface area contributed by atoms with Crippen LogP contribution in [0.3, 0.4) is 0 Å². The lowest BCUT2D eigenvalue weighted by Crippen LogP contribution is -2.42. The fourth-order valence-electron chi connectivity index (χ4n) is 2.82. The SMILES string of the molecule is CC(C)C(C(=O)NCCN1CCOCC1)c1ccc(Cl)c(Cl)c1. The van der Waals surface area contributed by atoms with Gasteiger partial charge >= 0.3 is 0 Å². The van der Waals surface area contributed by atoms with Crippen molar-refractivity contribution in [2.75, 3.05) is 39.4 Å². The maximum absolute atomic E-state index is 12.6. The predicted octanol–water partition coefficient (Wildman–Crippen LogP) is 3.18. The van der Waals surface area contributed by atoms with Gasteiger partial charge in [-0.05, 0) is 23.6 Å². The number of amides is 1. The Balaban J connectivity index is 1.93. The maximum Gasteiger partial charge on any atom is 0.227 e. The van der Waals surface area contributed by atoms with Gasteiger partial charge in [0.25, 0.3) is 0 Å². The van der Waals surface area contributed by atoms with Crippen LogP contribution in [0.5, 0.6) is 0 Å². The number of benzene rings is 1. The van der Waals surface area contributed by atoms with E-state index in [0.717, 1.165) is 38.4 Å². The molecule has 0 radical (unpaired) electrons. The standard InChI is InChI=1S/C17H24Cl2N2O2/c1-12(2)16(13-3-4-14(18)15(19)11-13)17(22)20-5-6-21-7-9-23-10-8-21/h3-4,11-12,16H,5-10H2,1-2H3,(H,20,22). The van der Waals surface area contributed by atoms with E-state index in [0.29, 0.717) is 16.6 Å². The van der Waals surface area contributed by atoms with Crippen LogP contribution in [-0.2, 0) is 9.53 Å². The van der Waals surface area contributed by atoms with Crippen molar-refractivity contribution in [1.29, 1.82) is 0 Å². The average molecular weight is 359 g/mol. The lowest BCUT2D eigenvalue weighted by molar-refractivity contribution is -0.123. The normalized spacial score (nSPS) is 17.3. The molecule has 1 saturated heterocycles. The van der Waals surface area contributed by atoms with Crippen LogP contribution in [0, 0.1) is 5.92 Å². The highest BCUT2D eigenvalue weighted by molar-refractivity contribution is 6.42. The van der Waals surface area contributed by atoms with Crippen LogP contribution in [-0.4, -0.2) is 50.2 Å². The van der Waals surface area contributed by atoms with E-state index in [2.05, 4.69) is 10.2 Å². The van der Waals surface area contributed by atoms with Gasteiger partial charge in [-0.15, -0.1) is 0 Å². The molecule has 0 aromatic heterocycles. The molecule has 1 N–H and O–H groups in total. The largest absolute Gasteiger partial charge is 0.379 e. The number of halogens is 2. The smallest absolute Gasteiger partial charge is 0.227 e. The zero-order valence-corrected chi connectivity index (χ0v) is 15.2. The minimum absolute atomic E-state index is 0.0339. The molecule has 1 aromatic carbocycles. The fraction of sp³-hybridized carbons (Fsp3) is 0.588. The molecular formula is C17H24Cl2N2O2. The molecule has 1 aromatic rings. The Morgan fingerprint density at radius 3 is 2.57 bits per heavy atom. The van der Waals surface area contributed by atoms with Gasteiger partial charge in [-0.3, -0.25) is 9.69 Å². The summed E-state index contributed by atoms with van der Waals surface area (Å²) in [7, 11) is 0. The topological polar surface area (TPSA) is 41.6 Å². The highest BCUT2D eigenvalue weighted by Crippen LogP contribution is 2.30. The molecule has 1 fully saturated rings. The van der Waals surface area contributed by atoms with Crippen molar-refractivity contribution in [3.63, 3.8) is 0 Å². The van der Waals surface area contributed by atoms with Gasteiger partial charge in [-0.25, -0.2) is 0 Å². The van der Waals surface area contributed by atoms with Gasteiger partial charge in [0.2, 0.25) is 5.91 Å². The molecule has 0 bridgehead atoms. The zero-order chi connectivity index (χ0) is 16.8. The summed E-state index contributed by atoms with van der Waals surface area (Å²) in [6, 6.07) is 5.41. The quantitative estimate of drug-likeness (QED) is 0.848. The molecule has 1 unspecified atom stereocenters. The minimum atomic E-state index is -0.227. The Labute approximate surface area is 148 Å². The number of nitrogens with one attached hydrogen (secondary N) is 1. The molecule has 2 rings (SSSR count). The van der Waals surface area contributed by atoms with E-state index in [-0.39, 0.29) is 17.7 Å². The van der Waals surface area contributed by atoms with Crippen LogP contribution in [0.4, 0.5) is 0 Å². The second kappa shape index (κ2) is 8.88. The highest BCUT2D eigenvalue weighted by Gasteiger charge is 2.24. The minimum Gasteiger partial charge on any atom is -0.379 e. The van der Waals surface area contributed by atoms with Crippen molar-refractivity contribution in [3.8, 4) is 0 Å². The Bertz CT molecular complexity index is 531. The van der Waals surface area contributed by atoms with Crippen molar-refractivity contribution in [1.82, 2.24) is 10.2 Å². The molecule has 0 saturated carbocycles. The molecule has 0 aliphatic carbocycles. The van der Waals surface area contributed by atoms with Gasteiger partial charge in [0.05, 0.1) is 29.2 Å². The average Bonchev–Trinajstić information content (AvgIpc) is 2.52. The van der Waals surface area contributed by atoms with Gasteiger partial charge < -0.3 is 10.1 Å². The molecule has 1 atom stereocenters.